The first-order valence-corrected chi connectivity index (χ1v) is 12.7. The Labute approximate surface area is 137 Å². The van der Waals surface area contributed by atoms with Crippen molar-refractivity contribution in [1.82, 2.24) is 0 Å². The van der Waals surface area contributed by atoms with E-state index in [1.165, 1.54) is 24.3 Å². The largest absolute Gasteiger partial charge is 1.00 e. The van der Waals surface area contributed by atoms with Gasteiger partial charge in [-0.2, -0.15) is 0 Å². The van der Waals surface area contributed by atoms with Crippen molar-refractivity contribution in [2.24, 2.45) is 0 Å². The summed E-state index contributed by atoms with van der Waals surface area (Å²) in [5.41, 5.74) is 4.83. The van der Waals surface area contributed by atoms with Crippen LogP contribution in [0.15, 0.2) is 50.6 Å². The van der Waals surface area contributed by atoms with Crippen LogP contribution >= 0.6 is 7.92 Å². The fourth-order valence-electron chi connectivity index (χ4n) is 3.30. The predicted octanol–water partition coefficient (Wildman–Crippen LogP) is -1.10. The zero-order chi connectivity index (χ0) is 12.8. The van der Waals surface area contributed by atoms with Gasteiger partial charge in [-0.25, -0.2) is 0 Å². The zero-order valence-corrected chi connectivity index (χ0v) is 16.4. The summed E-state index contributed by atoms with van der Waals surface area (Å²) < 4.78 is 2.77. The van der Waals surface area contributed by atoms with E-state index in [2.05, 4.69) is 49.4 Å². The van der Waals surface area contributed by atoms with Crippen LogP contribution in [-0.2, 0) is 22.9 Å². The Bertz CT molecular complexity index is 633. The molecule has 2 aliphatic carbocycles. The molecule has 1 fully saturated rings. The first-order chi connectivity index (χ1) is 9.36. The van der Waals surface area contributed by atoms with Gasteiger partial charge in [0.05, 0.1) is 0 Å². The maximum atomic E-state index is 2.54. The summed E-state index contributed by atoms with van der Waals surface area (Å²) in [6.07, 6.45) is 11.5. The molecular weight excluding hydrogens is 452 g/mol. The average molecular weight is 469 g/mol. The van der Waals surface area contributed by atoms with Gasteiger partial charge in [0.15, 0.2) is 0 Å². The predicted molar refractivity (Wildman–Crippen MR) is 80.3 cm³/mol. The molecule has 1 aromatic carbocycles. The van der Waals surface area contributed by atoms with Crippen molar-refractivity contribution in [1.29, 1.82) is 0 Å². The Kier molecular flexibility index (Phi) is 5.48. The Morgan fingerprint density at radius 2 is 2.05 bits per heavy atom. The van der Waals surface area contributed by atoms with Crippen molar-refractivity contribution in [3.63, 3.8) is 0 Å². The van der Waals surface area contributed by atoms with Crippen LogP contribution in [0.2, 0.25) is 0 Å². The van der Waals surface area contributed by atoms with Gasteiger partial charge in [-0.05, 0) is 0 Å². The second kappa shape index (κ2) is 6.79. The molecule has 3 aliphatic rings. The number of rotatable bonds is 3. The zero-order valence-electron chi connectivity index (χ0n) is 11.9. The number of halogens is 2. The van der Waals surface area contributed by atoms with Gasteiger partial charge < -0.3 is 9.41 Å². The summed E-state index contributed by atoms with van der Waals surface area (Å²) in [6.45, 7) is 2.38. The van der Waals surface area contributed by atoms with Crippen molar-refractivity contribution in [3.05, 3.63) is 61.8 Å². The van der Waals surface area contributed by atoms with Gasteiger partial charge in [0.2, 0.25) is 0 Å². The molecule has 0 radical (unpaired) electrons. The van der Waals surface area contributed by atoms with E-state index < -0.39 is 22.9 Å². The summed E-state index contributed by atoms with van der Waals surface area (Å²) in [5.74, 6) is 0. The van der Waals surface area contributed by atoms with E-state index in [-0.39, 0.29) is 17.3 Å². The van der Waals surface area contributed by atoms with Crippen LogP contribution < -0.4 is 9.41 Å². The molecule has 2 unspecified atom stereocenters. The second-order valence-corrected chi connectivity index (χ2v) is 13.3. The van der Waals surface area contributed by atoms with Crippen LogP contribution in [0.25, 0.3) is 6.08 Å². The third-order valence-corrected chi connectivity index (χ3v) is 13.6. The minimum atomic E-state index is -0.720. The number of fused-ring (bicyclic) bond motifs is 2. The third-order valence-electron chi connectivity index (χ3n) is 4.33. The summed E-state index contributed by atoms with van der Waals surface area (Å²) in [5, 5.41) is 1.89. The molecule has 0 saturated carbocycles. The van der Waals surface area contributed by atoms with Crippen molar-refractivity contribution < 1.29 is 32.3 Å². The molecule has 108 valence electrons. The van der Waals surface area contributed by atoms with Crippen molar-refractivity contribution in [2.75, 3.05) is 12.3 Å². The van der Waals surface area contributed by atoms with E-state index in [0.29, 0.717) is 0 Å². The number of benzene rings is 1. The molecule has 0 bridgehead atoms. The fraction of sp³-hybridized carbons (Fsp3) is 0.294. The van der Waals surface area contributed by atoms with Crippen LogP contribution in [0.4, 0.5) is 0 Å². The number of hydrogen-bond acceptors (Lipinski definition) is 0. The van der Waals surface area contributed by atoms with Gasteiger partial charge in [0.1, 0.15) is 0 Å². The smallest absolute Gasteiger partial charge is 1.00 e. The van der Waals surface area contributed by atoms with Crippen molar-refractivity contribution in [3.8, 4) is 0 Å². The van der Waals surface area contributed by atoms with E-state index in [1.807, 2.05) is 8.64 Å². The maximum absolute atomic E-state index is 2.54. The summed E-state index contributed by atoms with van der Waals surface area (Å²) >= 11 is -0.720. The Balaban J connectivity index is 0.000000807. The minimum absolute atomic E-state index is 0. The average Bonchev–Trinajstić information content (AvgIpc) is 2.94. The van der Waals surface area contributed by atoms with Gasteiger partial charge in [0.25, 0.3) is 0 Å². The van der Waals surface area contributed by atoms with Crippen molar-refractivity contribution >= 4 is 14.0 Å². The van der Waals surface area contributed by atoms with Gasteiger partial charge in [0, 0.05) is 0 Å². The van der Waals surface area contributed by atoms with E-state index in [9.17, 15) is 0 Å². The van der Waals surface area contributed by atoms with Crippen LogP contribution in [0, 0.1) is 0 Å². The Morgan fingerprint density at radius 3 is 2.86 bits per heavy atom. The normalized spacial score (nSPS) is 24.1. The van der Waals surface area contributed by atoms with E-state index >= 15 is 0 Å². The van der Waals surface area contributed by atoms with Gasteiger partial charge in [-0.1, -0.05) is 0 Å². The second-order valence-electron chi connectivity index (χ2n) is 5.38. The molecule has 2 atom stereocenters. The van der Waals surface area contributed by atoms with Crippen LogP contribution in [0.3, 0.4) is 0 Å². The SMILES string of the molecule is CCP1CC2=CC[C]([Hf+2][CH]3C=Cc4ccccc43)=C21.[F-].[F-]. The van der Waals surface area contributed by atoms with Crippen LogP contribution in [-0.4, -0.2) is 12.3 Å². The Hall–Kier alpha value is -0.400. The molecule has 0 spiro atoms. The molecule has 21 heavy (non-hydrogen) atoms. The van der Waals surface area contributed by atoms with Crippen LogP contribution in [0.5, 0.6) is 0 Å². The van der Waals surface area contributed by atoms with Crippen LogP contribution in [0.1, 0.15) is 28.1 Å². The number of hydrogen-bond donors (Lipinski definition) is 0. The molecule has 1 heterocycles. The third kappa shape index (κ3) is 2.80. The van der Waals surface area contributed by atoms with Gasteiger partial charge in [-0.15, -0.1) is 0 Å². The molecule has 1 saturated heterocycles. The molecule has 0 nitrogen and oxygen atoms in total. The first kappa shape index (κ1) is 17.0. The Morgan fingerprint density at radius 1 is 1.24 bits per heavy atom. The van der Waals surface area contributed by atoms with E-state index in [1.54, 1.807) is 11.1 Å². The quantitative estimate of drug-likeness (QED) is 0.390. The summed E-state index contributed by atoms with van der Waals surface area (Å²) in [7, 11) is 0.273. The molecule has 4 rings (SSSR count). The van der Waals surface area contributed by atoms with Gasteiger partial charge in [-0.3, -0.25) is 0 Å². The molecule has 1 aliphatic heterocycles. The molecular formula is C17H17F2HfP. The first-order valence-electron chi connectivity index (χ1n) is 7.08. The maximum Gasteiger partial charge on any atom is -1.00 e. The standard InChI is InChI=1S/C9H7.C8H10P.2FH.Hf/c1-2-5-9-7-3-6-8(9)4-1;1-2-9-6-7-4-3-5-8(7)9;;;/h1-7H;4H,2-3,6H2,1H3;2*1H;/q;;;;+2/p-2. The van der Waals surface area contributed by atoms with Crippen molar-refractivity contribution in [2.45, 2.75) is 17.0 Å². The summed E-state index contributed by atoms with van der Waals surface area (Å²) in [4.78, 5) is 0. The fourth-order valence-corrected chi connectivity index (χ4v) is 13.1. The molecule has 1 aromatic rings. The number of allylic oxidation sites excluding steroid dienone is 5. The minimum Gasteiger partial charge on any atom is -1.00 e. The van der Waals surface area contributed by atoms with Gasteiger partial charge >= 0.3 is 128 Å². The molecule has 0 aromatic heterocycles. The monoisotopic (exact) mass is 470 g/mol. The summed E-state index contributed by atoms with van der Waals surface area (Å²) in [6, 6.07) is 9.00. The molecule has 0 amide bonds. The topological polar surface area (TPSA) is 0 Å². The van der Waals surface area contributed by atoms with E-state index in [0.717, 1.165) is 3.67 Å². The molecule has 4 heteroatoms. The molecule has 0 N–H and O–H groups in total. The van der Waals surface area contributed by atoms with E-state index in [4.69, 9.17) is 0 Å².